The second kappa shape index (κ2) is 13.2. The Balaban J connectivity index is 1.87. The van der Waals surface area contributed by atoms with E-state index in [2.05, 4.69) is 139 Å². The maximum absolute atomic E-state index is 6.73. The average Bonchev–Trinajstić information content (AvgIpc) is 2.95. The molecular weight excluding hydrogens is 517 g/mol. The third kappa shape index (κ3) is 7.17. The molecule has 0 bridgehead atoms. The first-order valence-corrected chi connectivity index (χ1v) is 15.8. The highest BCUT2D eigenvalue weighted by atomic mass is 31.1. The first-order chi connectivity index (χ1) is 19.6. The molecule has 2 nitrogen and oxygen atoms in total. The fraction of sp³-hybridized carbons (Fsp3) is 0.342. The molecule has 0 spiro atoms. The molecule has 0 N–H and O–H groups in total. The highest BCUT2D eigenvalue weighted by molar-refractivity contribution is 7.49. The largest absolute Gasteiger partial charge is 0.488 e. The summed E-state index contributed by atoms with van der Waals surface area (Å²) >= 11 is 0. The minimum Gasteiger partial charge on any atom is -0.488 e. The third-order valence-electron chi connectivity index (χ3n) is 7.91. The molecule has 214 valence electrons. The van der Waals surface area contributed by atoms with Crippen LogP contribution in [-0.2, 0) is 17.2 Å². The Kier molecular flexibility index (Phi) is 9.88. The van der Waals surface area contributed by atoms with Crippen molar-refractivity contribution in [2.75, 3.05) is 7.05 Å². The van der Waals surface area contributed by atoms with Crippen LogP contribution < -0.4 is 10.0 Å². The summed E-state index contributed by atoms with van der Waals surface area (Å²) in [5.74, 6) is 1.04. The van der Waals surface area contributed by atoms with Crippen LogP contribution in [0.5, 0.6) is 5.75 Å². The van der Waals surface area contributed by atoms with E-state index in [1.54, 1.807) is 0 Å². The van der Waals surface area contributed by atoms with E-state index >= 15 is 0 Å². The normalized spacial score (nSPS) is 13.9. The molecule has 0 fully saturated rings. The predicted molar refractivity (Wildman–Crippen MR) is 180 cm³/mol. The molecule has 4 aromatic carbocycles. The summed E-state index contributed by atoms with van der Waals surface area (Å²) in [7, 11) is 2.46. The van der Waals surface area contributed by atoms with E-state index in [1.807, 2.05) is 7.05 Å². The van der Waals surface area contributed by atoms with Crippen LogP contribution in [0.3, 0.4) is 0 Å². The minimum absolute atomic E-state index is 0.0386. The Morgan fingerprint density at radius 2 is 1.46 bits per heavy atom. The van der Waals surface area contributed by atoms with Gasteiger partial charge in [0.25, 0.3) is 0 Å². The van der Waals surface area contributed by atoms with E-state index in [1.165, 1.54) is 38.7 Å². The van der Waals surface area contributed by atoms with Crippen molar-refractivity contribution in [2.45, 2.75) is 78.5 Å². The molecule has 0 saturated heterocycles. The number of nitrogens with zero attached hydrogens (tertiary/aromatic N) is 1. The number of aryl methyl sites for hydroxylation is 2. The van der Waals surface area contributed by atoms with Crippen LogP contribution >= 0.6 is 8.58 Å². The van der Waals surface area contributed by atoms with Gasteiger partial charge in [0.15, 0.2) is 0 Å². The number of hydrogen-bond donors (Lipinski definition) is 0. The van der Waals surface area contributed by atoms with Crippen LogP contribution in [-0.4, -0.2) is 12.8 Å². The fourth-order valence-electron chi connectivity index (χ4n) is 5.61. The monoisotopic (exact) mass is 563 g/mol. The molecule has 2 atom stereocenters. The van der Waals surface area contributed by atoms with Gasteiger partial charge in [-0.2, -0.15) is 0 Å². The van der Waals surface area contributed by atoms with Crippen molar-refractivity contribution in [3.63, 3.8) is 0 Å². The van der Waals surface area contributed by atoms with Crippen molar-refractivity contribution in [1.29, 1.82) is 0 Å². The second-order valence-corrected chi connectivity index (χ2v) is 14.2. The van der Waals surface area contributed by atoms with Crippen molar-refractivity contribution >= 4 is 19.6 Å². The summed E-state index contributed by atoms with van der Waals surface area (Å²) in [6.45, 7) is 16.7. The van der Waals surface area contributed by atoms with Crippen molar-refractivity contribution < 1.29 is 4.74 Å². The third-order valence-corrected chi connectivity index (χ3v) is 9.90. The zero-order valence-corrected chi connectivity index (χ0v) is 27.1. The van der Waals surface area contributed by atoms with Crippen LogP contribution in [0.4, 0.5) is 0 Å². The lowest BCUT2D eigenvalue weighted by atomic mass is 9.82. The van der Waals surface area contributed by atoms with Gasteiger partial charge >= 0.3 is 0 Å². The number of ether oxygens (including phenoxy) is 1. The first kappa shape index (κ1) is 30.7. The van der Waals surface area contributed by atoms with E-state index in [0.29, 0.717) is 15.2 Å². The number of rotatable bonds is 10. The second-order valence-electron chi connectivity index (χ2n) is 12.3. The summed E-state index contributed by atoms with van der Waals surface area (Å²) in [6, 6.07) is 32.5. The van der Waals surface area contributed by atoms with Crippen LogP contribution in [0, 0.1) is 13.8 Å². The molecule has 2 unspecified atom stereocenters. The minimum atomic E-state index is -0.108. The first-order valence-electron chi connectivity index (χ1n) is 14.8. The molecule has 0 saturated carbocycles. The Bertz CT molecular complexity index is 1480. The SMILES string of the molecule is CCCC(C)(Pc1c(C)cccc1C(=NC)c1ccccc1)c1cc(C(C)(C)C)cc(C)c1OCc1ccccc1. The van der Waals surface area contributed by atoms with Crippen molar-refractivity contribution in [1.82, 2.24) is 0 Å². The van der Waals surface area contributed by atoms with Gasteiger partial charge in [-0.25, -0.2) is 0 Å². The molecule has 0 aliphatic carbocycles. The van der Waals surface area contributed by atoms with Gasteiger partial charge in [0.2, 0.25) is 0 Å². The Morgan fingerprint density at radius 1 is 0.805 bits per heavy atom. The van der Waals surface area contributed by atoms with Gasteiger partial charge in [-0.15, -0.1) is 0 Å². The van der Waals surface area contributed by atoms with Gasteiger partial charge in [-0.1, -0.05) is 141 Å². The number of hydrogen-bond acceptors (Lipinski definition) is 2. The zero-order valence-electron chi connectivity index (χ0n) is 26.1. The topological polar surface area (TPSA) is 21.6 Å². The van der Waals surface area contributed by atoms with Crippen LogP contribution in [0.1, 0.15) is 86.4 Å². The Labute approximate surface area is 250 Å². The number of aliphatic imine (C=N–C) groups is 1. The summed E-state index contributed by atoms with van der Waals surface area (Å²) in [4.78, 5) is 4.82. The van der Waals surface area contributed by atoms with Gasteiger partial charge in [0, 0.05) is 28.9 Å². The van der Waals surface area contributed by atoms with E-state index in [0.717, 1.165) is 29.9 Å². The van der Waals surface area contributed by atoms with E-state index < -0.39 is 0 Å². The van der Waals surface area contributed by atoms with Gasteiger partial charge in [0.1, 0.15) is 12.4 Å². The fourth-order valence-corrected chi connectivity index (χ4v) is 7.47. The molecule has 0 aromatic heterocycles. The Hall–Kier alpha value is -3.22. The smallest absolute Gasteiger partial charge is 0.126 e. The lowest BCUT2D eigenvalue weighted by Crippen LogP contribution is -2.26. The Morgan fingerprint density at radius 3 is 2.07 bits per heavy atom. The molecule has 0 aliphatic rings. The van der Waals surface area contributed by atoms with Crippen LogP contribution in [0.25, 0.3) is 0 Å². The molecule has 0 heterocycles. The maximum atomic E-state index is 6.73. The zero-order chi connectivity index (χ0) is 29.6. The van der Waals surface area contributed by atoms with Crippen LogP contribution in [0.2, 0.25) is 0 Å². The molecular formula is C38H46NOP. The summed E-state index contributed by atoms with van der Waals surface area (Å²) < 4.78 is 6.73. The summed E-state index contributed by atoms with van der Waals surface area (Å²) in [5.41, 5.74) is 9.86. The standard InChI is InChI=1S/C38H46NOP/c1-9-23-38(7,41-36-27(2)17-16-22-32(36)34(39-8)30-20-14-11-15-21-30)33-25-31(37(4,5)6)24-28(3)35(33)40-26-29-18-12-10-13-19-29/h10-22,24-25,41H,9,23,26H2,1-8H3. The van der Waals surface area contributed by atoms with Gasteiger partial charge in [-0.05, 0) is 53.2 Å². The molecule has 41 heavy (non-hydrogen) atoms. The molecule has 3 heteroatoms. The van der Waals surface area contributed by atoms with Crippen LogP contribution in [0.15, 0.2) is 96.0 Å². The lowest BCUT2D eigenvalue weighted by molar-refractivity contribution is 0.297. The molecule has 0 radical (unpaired) electrons. The van der Waals surface area contributed by atoms with Crippen molar-refractivity contribution in [3.05, 3.63) is 130 Å². The summed E-state index contributed by atoms with van der Waals surface area (Å²) in [5, 5.41) is 1.28. The summed E-state index contributed by atoms with van der Waals surface area (Å²) in [6.07, 6.45) is 2.16. The van der Waals surface area contributed by atoms with E-state index in [4.69, 9.17) is 9.73 Å². The quantitative estimate of drug-likeness (QED) is 0.139. The van der Waals surface area contributed by atoms with Gasteiger partial charge < -0.3 is 4.74 Å². The molecule has 0 aliphatic heterocycles. The van der Waals surface area contributed by atoms with Gasteiger partial charge in [0.05, 0.1) is 5.71 Å². The van der Waals surface area contributed by atoms with Crippen molar-refractivity contribution in [3.8, 4) is 5.75 Å². The molecule has 4 aromatic rings. The van der Waals surface area contributed by atoms with Crippen molar-refractivity contribution in [2.24, 2.45) is 4.99 Å². The van der Waals surface area contributed by atoms with E-state index in [9.17, 15) is 0 Å². The predicted octanol–water partition coefficient (Wildman–Crippen LogP) is 9.67. The van der Waals surface area contributed by atoms with E-state index in [-0.39, 0.29) is 10.6 Å². The highest BCUT2D eigenvalue weighted by Gasteiger charge is 2.34. The highest BCUT2D eigenvalue weighted by Crippen LogP contribution is 2.51. The average molecular weight is 564 g/mol. The van der Waals surface area contributed by atoms with Gasteiger partial charge in [-0.3, -0.25) is 4.99 Å². The maximum Gasteiger partial charge on any atom is 0.126 e. The molecule has 0 amide bonds. The number of benzene rings is 4. The lowest BCUT2D eigenvalue weighted by Gasteiger charge is -2.35. The molecule has 4 rings (SSSR count).